The van der Waals surface area contributed by atoms with E-state index in [1.807, 2.05) is 5.57 Å². The summed E-state index contributed by atoms with van der Waals surface area (Å²) >= 11 is 0. The van der Waals surface area contributed by atoms with E-state index in [0.29, 0.717) is 10.8 Å². The summed E-state index contributed by atoms with van der Waals surface area (Å²) in [7, 11) is 0. The van der Waals surface area contributed by atoms with Crippen LogP contribution in [0.5, 0.6) is 0 Å². The maximum absolute atomic E-state index is 4.30. The average molecular weight is 433 g/mol. The lowest BCUT2D eigenvalue weighted by Gasteiger charge is -2.53. The van der Waals surface area contributed by atoms with Gasteiger partial charge in [-0.15, -0.1) is 0 Å². The fourth-order valence-electron chi connectivity index (χ4n) is 8.45. The van der Waals surface area contributed by atoms with Crippen LogP contribution in [-0.4, -0.2) is 0 Å². The van der Waals surface area contributed by atoms with E-state index in [-0.39, 0.29) is 0 Å². The van der Waals surface area contributed by atoms with E-state index < -0.39 is 0 Å². The zero-order valence-electron chi connectivity index (χ0n) is 21.7. The molecular weight excluding hydrogens is 384 g/mol. The molecule has 0 spiro atoms. The average Bonchev–Trinajstić information content (AvgIpc) is 3.19. The summed E-state index contributed by atoms with van der Waals surface area (Å²) in [6.45, 7) is 16.4. The molecule has 0 aromatic carbocycles. The van der Waals surface area contributed by atoms with Crippen molar-refractivity contribution in [2.45, 2.75) is 105 Å². The summed E-state index contributed by atoms with van der Waals surface area (Å²) < 4.78 is 0. The third-order valence-corrected chi connectivity index (χ3v) is 10.2. The molecular formula is C32H48. The maximum atomic E-state index is 4.30. The second-order valence-corrected chi connectivity index (χ2v) is 11.5. The Hall–Kier alpha value is -1.30. The van der Waals surface area contributed by atoms with Crippen molar-refractivity contribution in [2.24, 2.45) is 34.5 Å². The maximum Gasteiger partial charge on any atom is 0.00222 e. The molecule has 4 aliphatic rings. The van der Waals surface area contributed by atoms with Gasteiger partial charge in [0.15, 0.2) is 0 Å². The Balaban J connectivity index is 1.71. The van der Waals surface area contributed by atoms with Crippen LogP contribution >= 0.6 is 0 Å². The largest absolute Gasteiger partial charge is 0.0958 e. The third-order valence-electron chi connectivity index (χ3n) is 10.2. The first-order valence-electron chi connectivity index (χ1n) is 14.0. The van der Waals surface area contributed by atoms with Crippen molar-refractivity contribution in [3.63, 3.8) is 0 Å². The van der Waals surface area contributed by atoms with Crippen molar-refractivity contribution < 1.29 is 0 Å². The standard InChI is InChI=1S/C32H48/c1-7-11-23(5)12-13-25(8-2)28-16-17-29-27-15-14-26-22-24(6)18-20-31(26,9-3)30(27)19-21-32(28,29)10-4/h12-15,22-23,25,28,30H,6-11,16-21H2,1-5H3. The minimum Gasteiger partial charge on any atom is -0.0958 e. The molecule has 0 amide bonds. The van der Waals surface area contributed by atoms with Crippen LogP contribution in [0.3, 0.4) is 0 Å². The lowest BCUT2D eigenvalue weighted by atomic mass is 9.51. The summed E-state index contributed by atoms with van der Waals surface area (Å²) in [5.74, 6) is 3.04. The summed E-state index contributed by atoms with van der Waals surface area (Å²) in [6.07, 6.45) is 27.2. The Bertz CT molecular complexity index is 832. The van der Waals surface area contributed by atoms with Crippen LogP contribution < -0.4 is 0 Å². The predicted molar refractivity (Wildman–Crippen MR) is 141 cm³/mol. The Morgan fingerprint density at radius 3 is 2.47 bits per heavy atom. The van der Waals surface area contributed by atoms with E-state index in [0.717, 1.165) is 23.7 Å². The van der Waals surface area contributed by atoms with Gasteiger partial charge in [-0.25, -0.2) is 0 Å². The summed E-state index contributed by atoms with van der Waals surface area (Å²) in [4.78, 5) is 0. The van der Waals surface area contributed by atoms with E-state index >= 15 is 0 Å². The van der Waals surface area contributed by atoms with Crippen molar-refractivity contribution in [3.8, 4) is 0 Å². The molecule has 0 aromatic heterocycles. The van der Waals surface area contributed by atoms with Gasteiger partial charge in [-0.2, -0.15) is 0 Å². The Morgan fingerprint density at radius 1 is 1.00 bits per heavy atom. The first kappa shape index (κ1) is 23.8. The van der Waals surface area contributed by atoms with Gasteiger partial charge >= 0.3 is 0 Å². The lowest BCUT2D eigenvalue weighted by molar-refractivity contribution is 0.110. The Morgan fingerprint density at radius 2 is 1.78 bits per heavy atom. The highest BCUT2D eigenvalue weighted by Crippen LogP contribution is 2.66. The lowest BCUT2D eigenvalue weighted by Crippen LogP contribution is -2.43. The molecule has 0 aliphatic heterocycles. The monoisotopic (exact) mass is 432 g/mol. The molecule has 0 heteroatoms. The highest BCUT2D eigenvalue weighted by molar-refractivity contribution is 5.51. The van der Waals surface area contributed by atoms with Crippen molar-refractivity contribution in [2.75, 3.05) is 0 Å². The van der Waals surface area contributed by atoms with Gasteiger partial charge in [-0.1, -0.05) is 89.1 Å². The van der Waals surface area contributed by atoms with Gasteiger partial charge in [0.05, 0.1) is 0 Å². The summed E-state index contributed by atoms with van der Waals surface area (Å²) in [5, 5.41) is 0. The molecule has 32 heavy (non-hydrogen) atoms. The van der Waals surface area contributed by atoms with Crippen LogP contribution in [0, 0.1) is 34.5 Å². The van der Waals surface area contributed by atoms with Crippen molar-refractivity contribution >= 4 is 0 Å². The summed E-state index contributed by atoms with van der Waals surface area (Å²) in [6, 6.07) is 0. The van der Waals surface area contributed by atoms with Crippen molar-refractivity contribution in [1.29, 1.82) is 0 Å². The number of hydrogen-bond donors (Lipinski definition) is 0. The van der Waals surface area contributed by atoms with Gasteiger partial charge in [0.1, 0.15) is 0 Å². The fourth-order valence-corrected chi connectivity index (χ4v) is 8.45. The van der Waals surface area contributed by atoms with Gasteiger partial charge in [0.2, 0.25) is 0 Å². The number of fused-ring (bicyclic) bond motifs is 4. The van der Waals surface area contributed by atoms with Gasteiger partial charge in [-0.05, 0) is 104 Å². The molecule has 1 saturated carbocycles. The molecule has 0 radical (unpaired) electrons. The SMILES string of the molecule is C=C1C=C2C=CC3=C4CCC(C(C=CC(C)CCC)CC)C4(CC)CCC3C2(CC)CC1. The van der Waals surface area contributed by atoms with Gasteiger partial charge in [-0.3, -0.25) is 0 Å². The Kier molecular flexibility index (Phi) is 7.09. The summed E-state index contributed by atoms with van der Waals surface area (Å²) in [5.41, 5.74) is 7.38. The van der Waals surface area contributed by atoms with Crippen molar-refractivity contribution in [1.82, 2.24) is 0 Å². The first-order chi connectivity index (χ1) is 15.5. The zero-order valence-corrected chi connectivity index (χ0v) is 21.7. The van der Waals surface area contributed by atoms with E-state index in [2.05, 4.69) is 71.6 Å². The molecule has 6 unspecified atom stereocenters. The van der Waals surface area contributed by atoms with Crippen LogP contribution in [0.15, 0.2) is 59.3 Å². The minimum atomic E-state index is 0.371. The second-order valence-electron chi connectivity index (χ2n) is 11.5. The number of hydrogen-bond acceptors (Lipinski definition) is 0. The van der Waals surface area contributed by atoms with Crippen LogP contribution in [0.4, 0.5) is 0 Å². The predicted octanol–water partition coefficient (Wildman–Crippen LogP) is 9.76. The molecule has 0 nitrogen and oxygen atoms in total. The fraction of sp³-hybridized carbons (Fsp3) is 0.688. The third kappa shape index (κ3) is 3.74. The Labute approximate surface area is 199 Å². The zero-order chi connectivity index (χ0) is 22.9. The first-order valence-corrected chi connectivity index (χ1v) is 14.0. The highest BCUT2D eigenvalue weighted by Gasteiger charge is 2.55. The molecule has 0 N–H and O–H groups in total. The molecule has 0 saturated heterocycles. The molecule has 6 atom stereocenters. The van der Waals surface area contributed by atoms with Crippen molar-refractivity contribution in [3.05, 3.63) is 59.3 Å². The van der Waals surface area contributed by atoms with E-state index in [1.165, 1.54) is 76.2 Å². The molecule has 176 valence electrons. The van der Waals surface area contributed by atoms with Gasteiger partial charge in [0.25, 0.3) is 0 Å². The second kappa shape index (κ2) is 9.52. The molecule has 0 aromatic rings. The topological polar surface area (TPSA) is 0 Å². The van der Waals surface area contributed by atoms with Gasteiger partial charge in [0, 0.05) is 5.41 Å². The van der Waals surface area contributed by atoms with Crippen LogP contribution in [0.25, 0.3) is 0 Å². The smallest absolute Gasteiger partial charge is 0.00222 e. The number of allylic oxidation sites excluding steroid dienone is 9. The van der Waals surface area contributed by atoms with E-state index in [4.69, 9.17) is 0 Å². The minimum absolute atomic E-state index is 0.371. The van der Waals surface area contributed by atoms with Crippen LogP contribution in [0.1, 0.15) is 105 Å². The molecule has 4 rings (SSSR count). The van der Waals surface area contributed by atoms with Gasteiger partial charge < -0.3 is 0 Å². The molecule has 1 fully saturated rings. The van der Waals surface area contributed by atoms with E-state index in [9.17, 15) is 0 Å². The molecule has 0 heterocycles. The highest BCUT2D eigenvalue weighted by atomic mass is 14.6. The van der Waals surface area contributed by atoms with Crippen LogP contribution in [0.2, 0.25) is 0 Å². The molecule has 4 aliphatic carbocycles. The van der Waals surface area contributed by atoms with Crippen LogP contribution in [-0.2, 0) is 0 Å². The molecule has 0 bridgehead atoms. The number of rotatable bonds is 8. The quantitative estimate of drug-likeness (QED) is 0.335. The van der Waals surface area contributed by atoms with E-state index in [1.54, 1.807) is 11.1 Å². The normalized spacial score (nSPS) is 36.0.